The first-order chi connectivity index (χ1) is 6.75. The van der Waals surface area contributed by atoms with E-state index in [0.717, 1.165) is 18.1 Å². The molecule has 2 rings (SSSR count). The third-order valence-corrected chi connectivity index (χ3v) is 3.66. The molecule has 0 amide bonds. The average molecular weight is 212 g/mol. The normalized spacial score (nSPS) is 24.0. The van der Waals surface area contributed by atoms with Crippen molar-refractivity contribution in [3.63, 3.8) is 0 Å². The van der Waals surface area contributed by atoms with Gasteiger partial charge in [0.2, 0.25) is 5.89 Å². The molecule has 2 heterocycles. The standard InChI is InChI=1S/C10H16N2OS/c1-7(11)5-8-6-12-10(13-8)9-3-2-4-14-9/h6-7,9H,2-5,11H2,1H3. The minimum absolute atomic E-state index is 0.145. The van der Waals surface area contributed by atoms with Crippen LogP contribution in [0.3, 0.4) is 0 Å². The number of rotatable bonds is 3. The van der Waals surface area contributed by atoms with Crippen LogP contribution in [0, 0.1) is 0 Å². The Labute approximate surface area is 88.5 Å². The molecular formula is C10H16N2OS. The van der Waals surface area contributed by atoms with Gasteiger partial charge < -0.3 is 10.2 Å². The smallest absolute Gasteiger partial charge is 0.207 e. The number of oxazole rings is 1. The predicted octanol–water partition coefficient (Wildman–Crippen LogP) is 2.13. The SMILES string of the molecule is CC(N)Cc1cnc(C2CCCS2)o1. The summed E-state index contributed by atoms with van der Waals surface area (Å²) >= 11 is 1.94. The molecule has 1 fully saturated rings. The molecule has 78 valence electrons. The van der Waals surface area contributed by atoms with E-state index in [1.165, 1.54) is 18.6 Å². The van der Waals surface area contributed by atoms with E-state index in [9.17, 15) is 0 Å². The lowest BCUT2D eigenvalue weighted by molar-refractivity contribution is 0.439. The van der Waals surface area contributed by atoms with Crippen LogP contribution >= 0.6 is 11.8 Å². The van der Waals surface area contributed by atoms with Crippen molar-refractivity contribution in [2.24, 2.45) is 5.73 Å². The van der Waals surface area contributed by atoms with Gasteiger partial charge in [0.15, 0.2) is 0 Å². The second-order valence-electron chi connectivity index (χ2n) is 3.85. The molecular weight excluding hydrogens is 196 g/mol. The molecule has 3 nitrogen and oxygen atoms in total. The van der Waals surface area contributed by atoms with E-state index in [-0.39, 0.29) is 6.04 Å². The van der Waals surface area contributed by atoms with Crippen LogP contribution in [0.15, 0.2) is 10.6 Å². The summed E-state index contributed by atoms with van der Waals surface area (Å²) in [6.45, 7) is 1.98. The summed E-state index contributed by atoms with van der Waals surface area (Å²) in [6, 6.07) is 0.145. The molecule has 4 heteroatoms. The van der Waals surface area contributed by atoms with Gasteiger partial charge in [0.1, 0.15) is 5.76 Å². The summed E-state index contributed by atoms with van der Waals surface area (Å²) in [5, 5.41) is 0.483. The second-order valence-corrected chi connectivity index (χ2v) is 5.16. The molecule has 0 saturated carbocycles. The first kappa shape index (κ1) is 10.1. The van der Waals surface area contributed by atoms with Gasteiger partial charge in [0.05, 0.1) is 11.4 Å². The van der Waals surface area contributed by atoms with Gasteiger partial charge in [-0.2, -0.15) is 0 Å². The minimum atomic E-state index is 0.145. The molecule has 1 aliphatic rings. The van der Waals surface area contributed by atoms with Gasteiger partial charge in [-0.3, -0.25) is 0 Å². The fourth-order valence-corrected chi connectivity index (χ4v) is 2.86. The molecule has 1 saturated heterocycles. The number of nitrogens with zero attached hydrogens (tertiary/aromatic N) is 1. The Balaban J connectivity index is 2.01. The molecule has 0 spiro atoms. The molecule has 1 aromatic rings. The molecule has 0 aromatic carbocycles. The molecule has 1 aromatic heterocycles. The zero-order valence-electron chi connectivity index (χ0n) is 8.40. The van der Waals surface area contributed by atoms with E-state index >= 15 is 0 Å². The van der Waals surface area contributed by atoms with Crippen LogP contribution in [0.1, 0.15) is 36.7 Å². The maximum Gasteiger partial charge on any atom is 0.207 e. The monoisotopic (exact) mass is 212 g/mol. The molecule has 0 radical (unpaired) electrons. The van der Waals surface area contributed by atoms with Crippen molar-refractivity contribution in [2.45, 2.75) is 37.5 Å². The van der Waals surface area contributed by atoms with Crippen molar-refractivity contribution in [1.29, 1.82) is 0 Å². The Kier molecular flexibility index (Phi) is 3.13. The first-order valence-corrected chi connectivity index (χ1v) is 6.12. The molecule has 2 N–H and O–H groups in total. The first-order valence-electron chi connectivity index (χ1n) is 5.07. The molecule has 2 atom stereocenters. The number of hydrogen-bond acceptors (Lipinski definition) is 4. The van der Waals surface area contributed by atoms with Gasteiger partial charge in [0, 0.05) is 12.5 Å². The summed E-state index contributed by atoms with van der Waals surface area (Å²) in [7, 11) is 0. The Bertz CT molecular complexity index is 292. The average Bonchev–Trinajstić information content (AvgIpc) is 2.69. The lowest BCUT2D eigenvalue weighted by Crippen LogP contribution is -2.17. The number of thioether (sulfide) groups is 1. The summed E-state index contributed by atoms with van der Waals surface area (Å²) in [5.41, 5.74) is 5.69. The Hall–Kier alpha value is -0.480. The van der Waals surface area contributed by atoms with Crippen LogP contribution in [-0.4, -0.2) is 16.8 Å². The maximum atomic E-state index is 5.69. The van der Waals surface area contributed by atoms with E-state index in [4.69, 9.17) is 10.2 Å². The highest BCUT2D eigenvalue weighted by molar-refractivity contribution is 7.99. The Morgan fingerprint density at radius 2 is 2.64 bits per heavy atom. The number of aromatic nitrogens is 1. The van der Waals surface area contributed by atoms with Gasteiger partial charge in [-0.15, -0.1) is 11.8 Å². The van der Waals surface area contributed by atoms with Crippen molar-refractivity contribution in [1.82, 2.24) is 4.98 Å². The van der Waals surface area contributed by atoms with Gasteiger partial charge >= 0.3 is 0 Å². The molecule has 1 aliphatic heterocycles. The third-order valence-electron chi connectivity index (χ3n) is 2.30. The minimum Gasteiger partial charge on any atom is -0.444 e. The quantitative estimate of drug-likeness (QED) is 0.834. The highest BCUT2D eigenvalue weighted by Crippen LogP contribution is 2.39. The summed E-state index contributed by atoms with van der Waals surface area (Å²) < 4.78 is 5.67. The van der Waals surface area contributed by atoms with Gasteiger partial charge in [0.25, 0.3) is 0 Å². The Morgan fingerprint density at radius 1 is 1.79 bits per heavy atom. The van der Waals surface area contributed by atoms with Crippen molar-refractivity contribution >= 4 is 11.8 Å². The largest absolute Gasteiger partial charge is 0.444 e. The Morgan fingerprint density at radius 3 is 3.29 bits per heavy atom. The summed E-state index contributed by atoms with van der Waals surface area (Å²) in [5.74, 6) is 3.04. The van der Waals surface area contributed by atoms with Crippen molar-refractivity contribution in [3.05, 3.63) is 17.8 Å². The van der Waals surface area contributed by atoms with E-state index in [1.54, 1.807) is 0 Å². The van der Waals surface area contributed by atoms with Crippen LogP contribution in [0.4, 0.5) is 0 Å². The van der Waals surface area contributed by atoms with Crippen LogP contribution in [0.5, 0.6) is 0 Å². The lowest BCUT2D eigenvalue weighted by Gasteiger charge is -2.02. The summed E-state index contributed by atoms with van der Waals surface area (Å²) in [4.78, 5) is 4.31. The van der Waals surface area contributed by atoms with Crippen LogP contribution < -0.4 is 5.73 Å². The van der Waals surface area contributed by atoms with Crippen molar-refractivity contribution < 1.29 is 4.42 Å². The highest BCUT2D eigenvalue weighted by atomic mass is 32.2. The highest BCUT2D eigenvalue weighted by Gasteiger charge is 2.22. The molecule has 0 bridgehead atoms. The lowest BCUT2D eigenvalue weighted by atomic mass is 10.2. The van der Waals surface area contributed by atoms with Crippen LogP contribution in [0.25, 0.3) is 0 Å². The van der Waals surface area contributed by atoms with Gasteiger partial charge in [-0.05, 0) is 25.5 Å². The number of nitrogens with two attached hydrogens (primary N) is 1. The maximum absolute atomic E-state index is 5.69. The molecule has 0 aliphatic carbocycles. The third kappa shape index (κ3) is 2.30. The fraction of sp³-hybridized carbons (Fsp3) is 0.700. The van der Waals surface area contributed by atoms with Crippen LogP contribution in [0.2, 0.25) is 0 Å². The second kappa shape index (κ2) is 4.36. The van der Waals surface area contributed by atoms with E-state index in [0.29, 0.717) is 5.25 Å². The van der Waals surface area contributed by atoms with E-state index < -0.39 is 0 Å². The topological polar surface area (TPSA) is 52.0 Å². The van der Waals surface area contributed by atoms with Crippen LogP contribution in [-0.2, 0) is 6.42 Å². The molecule has 14 heavy (non-hydrogen) atoms. The van der Waals surface area contributed by atoms with Gasteiger partial charge in [-0.25, -0.2) is 4.98 Å². The molecule has 2 unspecified atom stereocenters. The number of hydrogen-bond donors (Lipinski definition) is 1. The zero-order chi connectivity index (χ0) is 9.97. The predicted molar refractivity (Wildman–Crippen MR) is 58.3 cm³/mol. The van der Waals surface area contributed by atoms with Gasteiger partial charge in [-0.1, -0.05) is 0 Å². The van der Waals surface area contributed by atoms with E-state index in [1.807, 2.05) is 24.9 Å². The van der Waals surface area contributed by atoms with E-state index in [2.05, 4.69) is 4.98 Å². The van der Waals surface area contributed by atoms with Crippen molar-refractivity contribution in [3.8, 4) is 0 Å². The zero-order valence-corrected chi connectivity index (χ0v) is 9.22. The fourth-order valence-electron chi connectivity index (χ4n) is 1.66. The summed E-state index contributed by atoms with van der Waals surface area (Å²) in [6.07, 6.45) is 5.07. The van der Waals surface area contributed by atoms with Crippen molar-refractivity contribution in [2.75, 3.05) is 5.75 Å².